The van der Waals surface area contributed by atoms with Crippen LogP contribution in [-0.4, -0.2) is 34.1 Å². The smallest absolute Gasteiger partial charge is 0.351 e. The number of carbonyl (C=O) groups is 2. The van der Waals surface area contributed by atoms with Gasteiger partial charge in [0.05, 0.1) is 5.56 Å². The topological polar surface area (TPSA) is 99.5 Å². The van der Waals surface area contributed by atoms with Gasteiger partial charge in [-0.05, 0) is 36.4 Å². The van der Waals surface area contributed by atoms with Gasteiger partial charge in [-0.3, -0.25) is 9.36 Å². The molecule has 1 aromatic heterocycles. The Balaban J connectivity index is 1.34. The summed E-state index contributed by atoms with van der Waals surface area (Å²) < 4.78 is 12.3. The number of esters is 1. The molecule has 0 spiro atoms. The number of nitrogens with zero attached hydrogens (tertiary/aromatic N) is 2. The van der Waals surface area contributed by atoms with Crippen LogP contribution in [0.3, 0.4) is 0 Å². The van der Waals surface area contributed by atoms with E-state index in [2.05, 4.69) is 10.3 Å². The van der Waals surface area contributed by atoms with Crippen molar-refractivity contribution in [3.8, 4) is 0 Å². The highest BCUT2D eigenvalue weighted by Crippen LogP contribution is 2.20. The van der Waals surface area contributed by atoms with E-state index in [4.69, 9.17) is 9.47 Å². The standard InChI is InChI=1S/C23H19N3O5/c27-21(16-7-3-1-4-8-16)24-19-13-14-26(23(29)25-19)20-12-11-18(31-20)15-30-22(28)17-9-5-2-6-10-17/h1-14,18,20H,15H2,(H,24,25,27,29)/t18-,20+/m0/s1. The molecule has 1 aliphatic rings. The van der Waals surface area contributed by atoms with Crippen LogP contribution in [0.25, 0.3) is 0 Å². The maximum absolute atomic E-state index is 12.4. The SMILES string of the molecule is O=C(Nc1ccn([C@H]2C=C[C@@H](COC(=O)c3ccccc3)O2)c(=O)n1)c1ccccc1. The van der Waals surface area contributed by atoms with Gasteiger partial charge in [0, 0.05) is 11.8 Å². The van der Waals surface area contributed by atoms with Crippen molar-refractivity contribution in [2.24, 2.45) is 0 Å². The third-order valence-corrected chi connectivity index (χ3v) is 4.57. The van der Waals surface area contributed by atoms with Crippen molar-refractivity contribution in [1.29, 1.82) is 0 Å². The zero-order chi connectivity index (χ0) is 21.6. The van der Waals surface area contributed by atoms with Gasteiger partial charge in [-0.15, -0.1) is 0 Å². The molecule has 3 aromatic rings. The van der Waals surface area contributed by atoms with Gasteiger partial charge in [0.2, 0.25) is 0 Å². The summed E-state index contributed by atoms with van der Waals surface area (Å²) in [5.41, 5.74) is 0.334. The van der Waals surface area contributed by atoms with Gasteiger partial charge in [-0.1, -0.05) is 42.5 Å². The molecule has 4 rings (SSSR count). The highest BCUT2D eigenvalue weighted by Gasteiger charge is 2.23. The quantitative estimate of drug-likeness (QED) is 0.489. The summed E-state index contributed by atoms with van der Waals surface area (Å²) in [6.45, 7) is 0.0219. The molecule has 2 atom stereocenters. The molecule has 1 amide bonds. The molecule has 0 saturated heterocycles. The van der Waals surface area contributed by atoms with E-state index < -0.39 is 24.0 Å². The van der Waals surface area contributed by atoms with E-state index in [1.807, 2.05) is 6.07 Å². The molecule has 0 saturated carbocycles. The Morgan fingerprint density at radius 1 is 0.968 bits per heavy atom. The molecule has 0 radical (unpaired) electrons. The Labute approximate surface area is 177 Å². The van der Waals surface area contributed by atoms with Crippen LogP contribution in [0.1, 0.15) is 26.9 Å². The first-order valence-corrected chi connectivity index (χ1v) is 9.62. The summed E-state index contributed by atoms with van der Waals surface area (Å²) in [7, 11) is 0. The van der Waals surface area contributed by atoms with Gasteiger partial charge < -0.3 is 14.8 Å². The van der Waals surface area contributed by atoms with Crippen LogP contribution in [0, 0.1) is 0 Å². The second-order valence-electron chi connectivity index (χ2n) is 6.74. The van der Waals surface area contributed by atoms with Gasteiger partial charge in [0.1, 0.15) is 18.5 Å². The van der Waals surface area contributed by atoms with E-state index in [1.165, 1.54) is 16.8 Å². The van der Waals surface area contributed by atoms with Gasteiger partial charge >= 0.3 is 11.7 Å². The Bertz CT molecular complexity index is 1160. The molecule has 1 N–H and O–H groups in total. The Morgan fingerprint density at radius 2 is 1.65 bits per heavy atom. The average molecular weight is 417 g/mol. The lowest BCUT2D eigenvalue weighted by Gasteiger charge is -2.16. The first-order valence-electron chi connectivity index (χ1n) is 9.62. The third-order valence-electron chi connectivity index (χ3n) is 4.57. The maximum Gasteiger partial charge on any atom is 0.351 e. The largest absolute Gasteiger partial charge is 0.459 e. The monoisotopic (exact) mass is 417 g/mol. The minimum atomic E-state index is -0.681. The van der Waals surface area contributed by atoms with E-state index in [9.17, 15) is 14.4 Å². The van der Waals surface area contributed by atoms with Crippen LogP contribution in [0.5, 0.6) is 0 Å². The van der Waals surface area contributed by atoms with E-state index in [0.717, 1.165) is 0 Å². The highest BCUT2D eigenvalue weighted by atomic mass is 16.6. The number of nitrogens with one attached hydrogen (secondary N) is 1. The fraction of sp³-hybridized carbons (Fsp3) is 0.130. The average Bonchev–Trinajstić information content (AvgIpc) is 3.27. The lowest BCUT2D eigenvalue weighted by atomic mass is 10.2. The zero-order valence-corrected chi connectivity index (χ0v) is 16.4. The predicted molar refractivity (Wildman–Crippen MR) is 113 cm³/mol. The van der Waals surface area contributed by atoms with Crippen LogP contribution in [0.4, 0.5) is 5.82 Å². The zero-order valence-electron chi connectivity index (χ0n) is 16.4. The predicted octanol–water partition coefficient (Wildman–Crippen LogP) is 2.81. The van der Waals surface area contributed by atoms with E-state index >= 15 is 0 Å². The number of amides is 1. The molecule has 0 unspecified atom stereocenters. The van der Waals surface area contributed by atoms with Crippen LogP contribution in [-0.2, 0) is 9.47 Å². The summed E-state index contributed by atoms with van der Waals surface area (Å²) in [5, 5.41) is 2.59. The van der Waals surface area contributed by atoms with Gasteiger partial charge in [-0.25, -0.2) is 9.59 Å². The molecule has 2 aromatic carbocycles. The normalized spacial score (nSPS) is 17.3. The van der Waals surface area contributed by atoms with Crippen molar-refractivity contribution in [3.63, 3.8) is 0 Å². The summed E-state index contributed by atoms with van der Waals surface area (Å²) in [5.74, 6) is -0.661. The van der Waals surface area contributed by atoms with Crippen molar-refractivity contribution < 1.29 is 19.1 Å². The van der Waals surface area contributed by atoms with Gasteiger partial charge in [-0.2, -0.15) is 4.98 Å². The van der Waals surface area contributed by atoms with Gasteiger partial charge in [0.15, 0.2) is 6.23 Å². The molecule has 8 heteroatoms. The van der Waals surface area contributed by atoms with Crippen LogP contribution in [0.2, 0.25) is 0 Å². The molecule has 31 heavy (non-hydrogen) atoms. The molecule has 2 heterocycles. The molecule has 0 bridgehead atoms. The minimum Gasteiger partial charge on any atom is -0.459 e. The van der Waals surface area contributed by atoms with E-state index in [-0.39, 0.29) is 18.3 Å². The highest BCUT2D eigenvalue weighted by molar-refractivity contribution is 6.03. The van der Waals surface area contributed by atoms with Crippen LogP contribution in [0.15, 0.2) is 89.9 Å². The molecule has 0 fully saturated rings. The molecule has 0 aliphatic carbocycles. The Kier molecular flexibility index (Phi) is 6.00. The molecule has 156 valence electrons. The molecule has 8 nitrogen and oxygen atoms in total. The Hall–Kier alpha value is -4.04. The third kappa shape index (κ3) is 4.93. The number of aromatic nitrogens is 2. The number of benzene rings is 2. The minimum absolute atomic E-state index is 0.0219. The summed E-state index contributed by atoms with van der Waals surface area (Å²) in [6, 6.07) is 18.8. The first-order chi connectivity index (χ1) is 15.1. The van der Waals surface area contributed by atoms with E-state index in [0.29, 0.717) is 11.1 Å². The second kappa shape index (κ2) is 9.19. The number of rotatable bonds is 6. The van der Waals surface area contributed by atoms with Crippen molar-refractivity contribution in [2.75, 3.05) is 11.9 Å². The molecule has 1 aliphatic heterocycles. The number of ether oxygens (including phenoxy) is 2. The first kappa shape index (κ1) is 20.2. The van der Waals surface area contributed by atoms with E-state index in [1.54, 1.807) is 66.7 Å². The number of hydrogen-bond acceptors (Lipinski definition) is 6. The second-order valence-corrected chi connectivity index (χ2v) is 6.74. The number of hydrogen-bond donors (Lipinski definition) is 1. The number of anilines is 1. The summed E-state index contributed by atoms with van der Waals surface area (Å²) in [4.78, 5) is 40.5. The molecular formula is C23H19N3O5. The fourth-order valence-electron chi connectivity index (χ4n) is 3.01. The summed E-state index contributed by atoms with van der Waals surface area (Å²) >= 11 is 0. The van der Waals surface area contributed by atoms with Crippen molar-refractivity contribution >= 4 is 17.7 Å². The number of carbonyl (C=O) groups excluding carboxylic acids is 2. The maximum atomic E-state index is 12.4. The van der Waals surface area contributed by atoms with Crippen LogP contribution < -0.4 is 11.0 Å². The fourth-order valence-corrected chi connectivity index (χ4v) is 3.01. The Morgan fingerprint density at radius 3 is 2.32 bits per heavy atom. The van der Waals surface area contributed by atoms with Crippen LogP contribution >= 0.6 is 0 Å². The van der Waals surface area contributed by atoms with Crippen molar-refractivity contribution in [3.05, 3.63) is 107 Å². The molecular weight excluding hydrogens is 398 g/mol. The van der Waals surface area contributed by atoms with Gasteiger partial charge in [0.25, 0.3) is 5.91 Å². The van der Waals surface area contributed by atoms with Crippen molar-refractivity contribution in [1.82, 2.24) is 9.55 Å². The lowest BCUT2D eigenvalue weighted by molar-refractivity contribution is -0.0222. The lowest BCUT2D eigenvalue weighted by Crippen LogP contribution is -2.29. The van der Waals surface area contributed by atoms with Crippen molar-refractivity contribution in [2.45, 2.75) is 12.3 Å². The summed E-state index contributed by atoms with van der Waals surface area (Å²) in [6.07, 6.45) is 3.73.